The molecule has 0 saturated carbocycles. The molecule has 460 valence electrons. The lowest BCUT2D eigenvalue weighted by Crippen LogP contribution is -2.26. The number of phosphoric acid groups is 1. The van der Waals surface area contributed by atoms with Crippen LogP contribution in [0.4, 0.5) is 0 Å². The van der Waals surface area contributed by atoms with Gasteiger partial charge in [0.1, 0.15) is 51.2 Å². The third-order valence-corrected chi connectivity index (χ3v) is 18.3. The number of phosphoric ester groups is 1. The molecule has 8 heterocycles. The number of rotatable bonds is 18. The number of hydrogen-bond donors (Lipinski definition) is 13. The molecule has 0 bridgehead atoms. The van der Waals surface area contributed by atoms with E-state index in [1.165, 1.54) is 102 Å². The van der Waals surface area contributed by atoms with Gasteiger partial charge in [0, 0.05) is 88.0 Å². The van der Waals surface area contributed by atoms with Gasteiger partial charge in [0.25, 0.3) is 0 Å². The van der Waals surface area contributed by atoms with Crippen LogP contribution in [0.5, 0.6) is 57.5 Å². The molecule has 0 fully saturated rings. The number of hydrogen-bond acceptors (Lipinski definition) is 19. The standard InChI is InChI=1S/C17H23N2O5P.C14H17N2O4P.C12H13N2O6P.C12H13N2O4P/c1-4-12-5-18-10(2)16(21)14(12)8-25(23,24)9-15-13(7-20)6-19-11(3)17(15)22;1-15-5-3-11(13(17)7-15)9-21(19,20)10-12-4-6-16(2)8-14(12)18;1-13-5-3-11(9(15)7-13)19-21(17,18)20-12-4-6-14(2)8-10(12)16;15-11-5-13-3-1-9(11)7-19(17,18)8-10-2-4-14-6-12(10)16/h5-6,20-22H,4,7-9H2,1-3H3,(H,23,24);3-8H,9-10H2,1-2H3,(H-2,17,18,19,20);3-8H,1-2H3,(H-2,15,16,17,18);1-6,15-16H,7-8H2,(H,17,18)/p+4. The zero-order chi connectivity index (χ0) is 63.9. The zero-order valence-electron chi connectivity index (χ0n) is 47.8. The van der Waals surface area contributed by atoms with Crippen molar-refractivity contribution in [2.75, 3.05) is 0 Å². The molecule has 0 aromatic carbocycles. The van der Waals surface area contributed by atoms with Crippen molar-refractivity contribution < 1.29 is 111 Å². The molecule has 0 spiro atoms. The fourth-order valence-corrected chi connectivity index (χ4v) is 14.1. The highest BCUT2D eigenvalue weighted by Gasteiger charge is 2.31. The number of aromatic hydroxyl groups is 8. The van der Waals surface area contributed by atoms with Gasteiger partial charge in [-0.15, -0.1) is 0 Å². The Bertz CT molecular complexity index is 3550. The average molecular weight is 1270 g/mol. The minimum Gasteiger partial charge on any atom is -0.506 e. The first-order valence-corrected chi connectivity index (χ1v) is 33.3. The van der Waals surface area contributed by atoms with Gasteiger partial charge in [0.15, 0.2) is 47.8 Å². The quantitative estimate of drug-likeness (QED) is 0.0377. The summed E-state index contributed by atoms with van der Waals surface area (Å²) >= 11 is 0. The highest BCUT2D eigenvalue weighted by Crippen LogP contribution is 2.54. The summed E-state index contributed by atoms with van der Waals surface area (Å²) in [5.74, 6) is -1.58. The largest absolute Gasteiger partial charge is 0.585 e. The van der Waals surface area contributed by atoms with Gasteiger partial charge in [0.2, 0.25) is 58.4 Å². The van der Waals surface area contributed by atoms with Crippen molar-refractivity contribution in [3.05, 3.63) is 179 Å². The summed E-state index contributed by atoms with van der Waals surface area (Å²) in [7, 11) is -8.64. The molecule has 86 heavy (non-hydrogen) atoms. The van der Waals surface area contributed by atoms with Gasteiger partial charge in [-0.1, -0.05) is 6.92 Å². The summed E-state index contributed by atoms with van der Waals surface area (Å²) in [4.78, 5) is 55.7. The molecule has 0 amide bonds. The number of nitrogens with zero attached hydrogens (tertiary/aromatic N) is 8. The van der Waals surface area contributed by atoms with Crippen LogP contribution < -0.4 is 27.3 Å². The van der Waals surface area contributed by atoms with Crippen LogP contribution >= 0.6 is 29.9 Å². The third-order valence-electron chi connectivity index (χ3n) is 12.5. The van der Waals surface area contributed by atoms with E-state index < -0.39 is 36.5 Å². The molecule has 0 aliphatic heterocycles. The van der Waals surface area contributed by atoms with Crippen LogP contribution in [0.25, 0.3) is 0 Å². The van der Waals surface area contributed by atoms with E-state index in [2.05, 4.69) is 19.9 Å². The molecule has 0 saturated heterocycles. The number of pyridine rings is 8. The number of aromatic nitrogens is 8. The Morgan fingerprint density at radius 2 is 0.756 bits per heavy atom. The predicted molar refractivity (Wildman–Crippen MR) is 308 cm³/mol. The lowest BCUT2D eigenvalue weighted by atomic mass is 10.1. The zero-order valence-corrected chi connectivity index (χ0v) is 51.4. The van der Waals surface area contributed by atoms with Crippen LogP contribution in [0.15, 0.2) is 123 Å². The monoisotopic (exact) mass is 1270 g/mol. The molecular weight excluding hydrogens is 1200 g/mol. The van der Waals surface area contributed by atoms with Gasteiger partial charge in [-0.05, 0) is 38.0 Å². The maximum Gasteiger partial charge on any atom is 0.585 e. The van der Waals surface area contributed by atoms with Crippen LogP contribution in [0.3, 0.4) is 0 Å². The SMILES string of the molecule is CCc1cnc(C)c(O)c1CP(=O)(O)Cc1c(CO)cnc(C)c1O.C[n+]1ccc(CP(=O)(O)Cc2cc[n+](C)cc2O)c(O)c1.C[n+]1ccc(OP(=O)(O)Oc2cc[n+](C)cc2O)c(O)c1.O=P(O)(Cc1ccncc1O)Cc1ccncc1O. The van der Waals surface area contributed by atoms with Crippen molar-refractivity contribution in [1.29, 1.82) is 0 Å². The first-order valence-electron chi connectivity index (χ1n) is 25.7. The molecule has 0 aliphatic carbocycles. The lowest BCUT2D eigenvalue weighted by Gasteiger charge is -2.18. The number of aryl methyl sites for hydroxylation is 7. The van der Waals surface area contributed by atoms with Gasteiger partial charge < -0.3 is 69.7 Å². The second-order valence-electron chi connectivity index (χ2n) is 19.8. The highest BCUT2D eigenvalue weighted by molar-refractivity contribution is 7.57. The maximum absolute atomic E-state index is 12.8. The van der Waals surface area contributed by atoms with Gasteiger partial charge in [0.05, 0.1) is 67.4 Å². The minimum atomic E-state index is -4.56. The summed E-state index contributed by atoms with van der Waals surface area (Å²) in [6.07, 6.45) is 19.7. The van der Waals surface area contributed by atoms with Crippen molar-refractivity contribution >= 4 is 29.9 Å². The first-order chi connectivity index (χ1) is 40.2. The van der Waals surface area contributed by atoms with Crippen molar-refractivity contribution in [2.24, 2.45) is 28.2 Å². The van der Waals surface area contributed by atoms with Crippen LogP contribution in [0.2, 0.25) is 0 Å². The minimum absolute atomic E-state index is 0.0158. The molecule has 0 aliphatic rings. The maximum atomic E-state index is 12.8. The van der Waals surface area contributed by atoms with Crippen molar-refractivity contribution in [1.82, 2.24) is 19.9 Å². The molecule has 13 N–H and O–H groups in total. The van der Waals surface area contributed by atoms with Crippen molar-refractivity contribution in [2.45, 2.75) is 70.8 Å². The molecule has 27 nitrogen and oxygen atoms in total. The molecule has 0 radical (unpaired) electrons. The smallest absolute Gasteiger partial charge is 0.506 e. The molecule has 31 heteroatoms. The van der Waals surface area contributed by atoms with E-state index in [0.29, 0.717) is 56.8 Å². The molecule has 8 aromatic heterocycles. The Morgan fingerprint density at radius 3 is 1.09 bits per heavy atom. The summed E-state index contributed by atoms with van der Waals surface area (Å²) in [5.41, 5.74) is 3.89. The topological polar surface area (TPSA) is 417 Å². The summed E-state index contributed by atoms with van der Waals surface area (Å²) in [6.45, 7) is 4.69. The van der Waals surface area contributed by atoms with Crippen LogP contribution in [-0.2, 0) is 96.5 Å². The molecule has 1 unspecified atom stereocenters. The van der Waals surface area contributed by atoms with Crippen LogP contribution in [0.1, 0.15) is 62.8 Å². The van der Waals surface area contributed by atoms with Crippen molar-refractivity contribution in [3.8, 4) is 57.5 Å². The summed E-state index contributed by atoms with van der Waals surface area (Å²) < 4.78 is 65.2. The number of aliphatic hydroxyl groups excluding tert-OH is 1. The normalized spacial score (nSPS) is 12.0. The summed E-state index contributed by atoms with van der Waals surface area (Å²) in [6, 6.07) is 8.83. The fraction of sp³-hybridized carbons (Fsp3) is 0.273. The number of aliphatic hydroxyl groups is 1. The average Bonchev–Trinajstić information content (AvgIpc) is 2.76. The van der Waals surface area contributed by atoms with E-state index in [0.717, 1.165) is 0 Å². The second kappa shape index (κ2) is 29.8. The Morgan fingerprint density at radius 1 is 0.430 bits per heavy atom. The molecule has 1 atom stereocenters. The Kier molecular flexibility index (Phi) is 23.8. The van der Waals surface area contributed by atoms with E-state index >= 15 is 0 Å². The lowest BCUT2D eigenvalue weighted by molar-refractivity contribution is -0.672. The third kappa shape index (κ3) is 20.6. The Hall–Kier alpha value is -8.08. The van der Waals surface area contributed by atoms with Gasteiger partial charge in [-0.3, -0.25) is 38.5 Å². The summed E-state index contributed by atoms with van der Waals surface area (Å²) in [5, 5.41) is 87.8. The van der Waals surface area contributed by atoms with Gasteiger partial charge in [-0.2, -0.15) is 0 Å². The predicted octanol–water partition coefficient (Wildman–Crippen LogP) is 5.41. The second-order valence-corrected chi connectivity index (χ2v) is 28.1. The van der Waals surface area contributed by atoms with Gasteiger partial charge in [-0.25, -0.2) is 22.8 Å². The first kappa shape index (κ1) is 68.7. The molecular formula is C55H70N8O19P4+4. The highest BCUT2D eigenvalue weighted by atomic mass is 31.2. The van der Waals surface area contributed by atoms with E-state index in [9.17, 15) is 83.8 Å². The van der Waals surface area contributed by atoms with E-state index in [1.807, 2.05) is 6.92 Å². The Balaban J connectivity index is 0.000000210. The molecule has 8 rings (SSSR count). The van der Waals surface area contributed by atoms with Crippen LogP contribution in [-0.4, -0.2) is 85.5 Å². The Labute approximate surface area is 494 Å². The molecule has 8 aromatic rings. The van der Waals surface area contributed by atoms with E-state index in [1.54, 1.807) is 81.9 Å². The fourth-order valence-electron chi connectivity index (χ4n) is 8.04. The van der Waals surface area contributed by atoms with Gasteiger partial charge >= 0.3 is 7.82 Å². The van der Waals surface area contributed by atoms with E-state index in [-0.39, 0.29) is 100 Å². The van der Waals surface area contributed by atoms with E-state index in [4.69, 9.17) is 9.05 Å². The van der Waals surface area contributed by atoms with Crippen LogP contribution in [0, 0.1) is 13.8 Å². The van der Waals surface area contributed by atoms with Crippen molar-refractivity contribution in [3.63, 3.8) is 0 Å².